The maximum Gasteiger partial charge on any atom is 0.0931 e. The summed E-state index contributed by atoms with van der Waals surface area (Å²) in [6.07, 6.45) is 2.93. The Bertz CT molecular complexity index is 292. The molecule has 0 spiro atoms. The molecule has 84 valence electrons. The van der Waals surface area contributed by atoms with Gasteiger partial charge in [0, 0.05) is 38.2 Å². The van der Waals surface area contributed by atoms with Crippen LogP contribution >= 0.6 is 0 Å². The lowest BCUT2D eigenvalue weighted by atomic mass is 10.1. The molecule has 0 aromatic carbocycles. The molecule has 0 fully saturated rings. The highest BCUT2D eigenvalue weighted by Gasteiger charge is 2.09. The first-order chi connectivity index (χ1) is 7.25. The van der Waals surface area contributed by atoms with E-state index in [1.165, 1.54) is 0 Å². The van der Waals surface area contributed by atoms with Crippen LogP contribution in [0.4, 0.5) is 0 Å². The second-order valence-corrected chi connectivity index (χ2v) is 3.44. The van der Waals surface area contributed by atoms with Gasteiger partial charge in [-0.3, -0.25) is 4.98 Å². The fraction of sp³-hybridized carbons (Fsp3) is 0.545. The van der Waals surface area contributed by atoms with Crippen molar-refractivity contribution in [1.82, 2.24) is 10.3 Å². The summed E-state index contributed by atoms with van der Waals surface area (Å²) in [4.78, 5) is 4.00. The molecule has 0 saturated heterocycles. The van der Waals surface area contributed by atoms with Gasteiger partial charge < -0.3 is 15.2 Å². The average molecular weight is 210 g/mol. The van der Waals surface area contributed by atoms with Gasteiger partial charge in [-0.05, 0) is 18.6 Å². The molecule has 4 nitrogen and oxygen atoms in total. The molecule has 0 aliphatic rings. The van der Waals surface area contributed by atoms with Gasteiger partial charge in [-0.2, -0.15) is 0 Å². The lowest BCUT2D eigenvalue weighted by molar-refractivity contribution is 0.161. The number of pyridine rings is 1. The number of nitrogens with one attached hydrogen (secondary N) is 1. The van der Waals surface area contributed by atoms with E-state index in [2.05, 4.69) is 10.3 Å². The van der Waals surface area contributed by atoms with Crippen LogP contribution in [0.15, 0.2) is 18.5 Å². The van der Waals surface area contributed by atoms with Crippen LogP contribution < -0.4 is 5.32 Å². The summed E-state index contributed by atoms with van der Waals surface area (Å²) < 4.78 is 4.90. The number of nitrogens with zero attached hydrogens (tertiary/aromatic N) is 1. The molecule has 0 amide bonds. The zero-order valence-electron chi connectivity index (χ0n) is 9.23. The Morgan fingerprint density at radius 1 is 1.60 bits per heavy atom. The van der Waals surface area contributed by atoms with Gasteiger partial charge in [-0.1, -0.05) is 0 Å². The van der Waals surface area contributed by atoms with Gasteiger partial charge in [-0.25, -0.2) is 0 Å². The Morgan fingerprint density at radius 2 is 2.40 bits per heavy atom. The highest BCUT2D eigenvalue weighted by atomic mass is 16.5. The minimum absolute atomic E-state index is 0.504. The van der Waals surface area contributed by atoms with Crippen molar-refractivity contribution in [2.75, 3.05) is 26.8 Å². The predicted octanol–water partition coefficient (Wildman–Crippen LogP) is 0.659. The van der Waals surface area contributed by atoms with E-state index in [9.17, 15) is 5.11 Å². The van der Waals surface area contributed by atoms with Crippen molar-refractivity contribution < 1.29 is 9.84 Å². The van der Waals surface area contributed by atoms with Crippen LogP contribution in [-0.2, 0) is 4.74 Å². The van der Waals surface area contributed by atoms with Crippen molar-refractivity contribution in [2.45, 2.75) is 13.0 Å². The fourth-order valence-electron chi connectivity index (χ4n) is 1.35. The molecule has 1 heterocycles. The Morgan fingerprint density at radius 3 is 3.07 bits per heavy atom. The molecule has 1 atom stereocenters. The lowest BCUT2D eigenvalue weighted by Crippen LogP contribution is -2.25. The summed E-state index contributed by atoms with van der Waals surface area (Å²) in [5.74, 6) is 0. The lowest BCUT2D eigenvalue weighted by Gasteiger charge is -2.13. The van der Waals surface area contributed by atoms with Crippen molar-refractivity contribution in [1.29, 1.82) is 0 Å². The third kappa shape index (κ3) is 3.95. The van der Waals surface area contributed by atoms with Gasteiger partial charge in [-0.15, -0.1) is 0 Å². The number of aliphatic hydroxyl groups is 1. The maximum absolute atomic E-state index is 9.86. The molecule has 1 unspecified atom stereocenters. The molecule has 2 N–H and O–H groups in total. The number of hydrogen-bond donors (Lipinski definition) is 2. The molecule has 0 aliphatic carbocycles. The third-order valence-electron chi connectivity index (χ3n) is 2.26. The molecule has 1 aromatic heterocycles. The number of ether oxygens (including phenoxy) is 1. The van der Waals surface area contributed by atoms with Crippen LogP contribution in [0.5, 0.6) is 0 Å². The van der Waals surface area contributed by atoms with E-state index in [4.69, 9.17) is 4.74 Å². The quantitative estimate of drug-likeness (QED) is 0.677. The Kier molecular flexibility index (Phi) is 5.25. The molecular formula is C11H18N2O2. The van der Waals surface area contributed by atoms with Crippen molar-refractivity contribution in [3.8, 4) is 0 Å². The normalized spacial score (nSPS) is 12.7. The first kappa shape index (κ1) is 12.1. The van der Waals surface area contributed by atoms with E-state index in [1.807, 2.05) is 13.0 Å². The zero-order valence-corrected chi connectivity index (χ0v) is 9.23. The second kappa shape index (κ2) is 6.50. The van der Waals surface area contributed by atoms with E-state index >= 15 is 0 Å². The van der Waals surface area contributed by atoms with Gasteiger partial charge >= 0.3 is 0 Å². The summed E-state index contributed by atoms with van der Waals surface area (Å²) in [6, 6.07) is 1.90. The first-order valence-electron chi connectivity index (χ1n) is 5.04. The van der Waals surface area contributed by atoms with E-state index in [0.29, 0.717) is 13.2 Å². The Hall–Kier alpha value is -0.970. The number of aryl methyl sites for hydroxylation is 1. The SMILES string of the molecule is COCCNCC(O)c1cnccc1C. The Balaban J connectivity index is 2.40. The summed E-state index contributed by atoms with van der Waals surface area (Å²) in [5, 5.41) is 13.0. The standard InChI is InChI=1S/C11H18N2O2/c1-9-3-4-12-7-10(9)11(14)8-13-5-6-15-2/h3-4,7,11,13-14H,5-6,8H2,1-2H3. The van der Waals surface area contributed by atoms with Crippen LogP contribution in [0.1, 0.15) is 17.2 Å². The van der Waals surface area contributed by atoms with Gasteiger partial charge in [0.05, 0.1) is 12.7 Å². The molecule has 1 rings (SSSR count). The zero-order chi connectivity index (χ0) is 11.1. The van der Waals surface area contributed by atoms with Crippen molar-refractivity contribution in [2.24, 2.45) is 0 Å². The van der Waals surface area contributed by atoms with E-state index in [1.54, 1.807) is 19.5 Å². The maximum atomic E-state index is 9.86. The molecule has 0 saturated carbocycles. The smallest absolute Gasteiger partial charge is 0.0931 e. The third-order valence-corrected chi connectivity index (χ3v) is 2.26. The predicted molar refractivity (Wildman–Crippen MR) is 58.7 cm³/mol. The van der Waals surface area contributed by atoms with Crippen LogP contribution in [0.2, 0.25) is 0 Å². The highest BCUT2D eigenvalue weighted by Crippen LogP contribution is 2.14. The van der Waals surface area contributed by atoms with Gasteiger partial charge in [0.25, 0.3) is 0 Å². The van der Waals surface area contributed by atoms with Gasteiger partial charge in [0.2, 0.25) is 0 Å². The van der Waals surface area contributed by atoms with Crippen molar-refractivity contribution in [3.05, 3.63) is 29.6 Å². The van der Waals surface area contributed by atoms with Crippen LogP contribution in [0.3, 0.4) is 0 Å². The number of methoxy groups -OCH3 is 1. The molecule has 15 heavy (non-hydrogen) atoms. The molecule has 1 aromatic rings. The topological polar surface area (TPSA) is 54.4 Å². The number of rotatable bonds is 6. The molecular weight excluding hydrogens is 192 g/mol. The number of aliphatic hydroxyl groups excluding tert-OH is 1. The molecule has 0 radical (unpaired) electrons. The second-order valence-electron chi connectivity index (χ2n) is 3.44. The number of hydrogen-bond acceptors (Lipinski definition) is 4. The van der Waals surface area contributed by atoms with E-state index < -0.39 is 6.10 Å². The average Bonchev–Trinajstić information content (AvgIpc) is 2.25. The van der Waals surface area contributed by atoms with Crippen LogP contribution in [-0.4, -0.2) is 36.9 Å². The van der Waals surface area contributed by atoms with Gasteiger partial charge in [0.1, 0.15) is 0 Å². The Labute approximate surface area is 90.3 Å². The van der Waals surface area contributed by atoms with Gasteiger partial charge in [0.15, 0.2) is 0 Å². The summed E-state index contributed by atoms with van der Waals surface area (Å²) in [6.45, 7) is 3.89. The highest BCUT2D eigenvalue weighted by molar-refractivity contribution is 5.23. The van der Waals surface area contributed by atoms with Crippen molar-refractivity contribution in [3.63, 3.8) is 0 Å². The molecule has 0 bridgehead atoms. The van der Waals surface area contributed by atoms with E-state index in [0.717, 1.165) is 17.7 Å². The summed E-state index contributed by atoms with van der Waals surface area (Å²) in [5.41, 5.74) is 1.94. The minimum Gasteiger partial charge on any atom is -0.387 e. The molecule has 0 aliphatic heterocycles. The summed E-state index contributed by atoms with van der Waals surface area (Å²) in [7, 11) is 1.66. The van der Waals surface area contributed by atoms with Crippen LogP contribution in [0, 0.1) is 6.92 Å². The van der Waals surface area contributed by atoms with Crippen LogP contribution in [0.25, 0.3) is 0 Å². The monoisotopic (exact) mass is 210 g/mol. The first-order valence-corrected chi connectivity index (χ1v) is 5.04. The van der Waals surface area contributed by atoms with E-state index in [-0.39, 0.29) is 0 Å². The minimum atomic E-state index is -0.504. The molecule has 4 heteroatoms. The largest absolute Gasteiger partial charge is 0.387 e. The fourth-order valence-corrected chi connectivity index (χ4v) is 1.35. The summed E-state index contributed by atoms with van der Waals surface area (Å²) >= 11 is 0. The van der Waals surface area contributed by atoms with Crippen molar-refractivity contribution >= 4 is 0 Å². The number of aromatic nitrogens is 1.